The number of hydrogen-bond donors (Lipinski definition) is 2. The van der Waals surface area contributed by atoms with E-state index in [1.807, 2.05) is 34.6 Å². The molecule has 7 nitrogen and oxygen atoms in total. The Morgan fingerprint density at radius 3 is 2.70 bits per heavy atom. The predicted octanol–water partition coefficient (Wildman–Crippen LogP) is 2.58. The Hall–Kier alpha value is -2.57. The lowest BCUT2D eigenvalue weighted by Crippen LogP contribution is -2.48. The average Bonchev–Trinajstić information content (AvgIpc) is 3.02. The third kappa shape index (κ3) is 3.77. The van der Waals surface area contributed by atoms with Crippen LogP contribution >= 0.6 is 15.9 Å². The molecule has 8 heteroatoms. The summed E-state index contributed by atoms with van der Waals surface area (Å²) in [7, 11) is 0. The van der Waals surface area contributed by atoms with E-state index in [1.54, 1.807) is 18.3 Å². The van der Waals surface area contributed by atoms with Gasteiger partial charge in [-0.3, -0.25) is 14.7 Å². The quantitative estimate of drug-likeness (QED) is 0.570. The van der Waals surface area contributed by atoms with Crippen LogP contribution in [0.2, 0.25) is 0 Å². The molecule has 4 rings (SSSR count). The summed E-state index contributed by atoms with van der Waals surface area (Å²) >= 11 is 3.46. The van der Waals surface area contributed by atoms with Crippen LogP contribution in [0.25, 0.3) is 16.7 Å². The fourth-order valence-corrected chi connectivity index (χ4v) is 4.34. The van der Waals surface area contributed by atoms with Gasteiger partial charge in [-0.1, -0.05) is 0 Å². The molecular formula is C22H21BrN4O3. The number of rotatable bonds is 4. The van der Waals surface area contributed by atoms with Crippen LogP contribution in [0.15, 0.2) is 41.0 Å². The molecule has 154 valence electrons. The fraction of sp³-hybridized carbons (Fsp3) is 0.318. The highest BCUT2D eigenvalue weighted by atomic mass is 79.9. The van der Waals surface area contributed by atoms with Crippen molar-refractivity contribution < 1.29 is 15.0 Å². The van der Waals surface area contributed by atoms with Gasteiger partial charge < -0.3 is 14.8 Å². The van der Waals surface area contributed by atoms with Gasteiger partial charge >= 0.3 is 0 Å². The summed E-state index contributed by atoms with van der Waals surface area (Å²) in [5.74, 6) is -0.0803. The standard InChI is InChI=1S/C22H21BrN4O3/c1-13-21(20(30)12-26-7-6-18(28)19(29)11-26)22-17(8-15(23)10-25-22)27(13)16-4-2-14(9-24)3-5-16/h2-5,8,10,18-19,28-29H,6-7,11-12H2,1H3. The van der Waals surface area contributed by atoms with E-state index >= 15 is 0 Å². The summed E-state index contributed by atoms with van der Waals surface area (Å²) in [6.45, 7) is 2.85. The smallest absolute Gasteiger partial charge is 0.180 e. The molecule has 1 fully saturated rings. The maximum Gasteiger partial charge on any atom is 0.180 e. The van der Waals surface area contributed by atoms with E-state index < -0.39 is 12.2 Å². The molecule has 0 bridgehead atoms. The van der Waals surface area contributed by atoms with E-state index in [2.05, 4.69) is 27.0 Å². The van der Waals surface area contributed by atoms with E-state index in [4.69, 9.17) is 5.26 Å². The average molecular weight is 469 g/mol. The van der Waals surface area contributed by atoms with Gasteiger partial charge in [-0.2, -0.15) is 5.26 Å². The lowest BCUT2D eigenvalue weighted by Gasteiger charge is -2.32. The normalized spacial score (nSPS) is 19.7. The van der Waals surface area contributed by atoms with Gasteiger partial charge in [0.1, 0.15) is 0 Å². The van der Waals surface area contributed by atoms with Crippen molar-refractivity contribution in [2.45, 2.75) is 25.6 Å². The summed E-state index contributed by atoms with van der Waals surface area (Å²) in [6, 6.07) is 11.2. The monoisotopic (exact) mass is 468 g/mol. The largest absolute Gasteiger partial charge is 0.390 e. The summed E-state index contributed by atoms with van der Waals surface area (Å²) in [4.78, 5) is 19.6. The minimum absolute atomic E-state index is 0.0803. The van der Waals surface area contributed by atoms with Crippen molar-refractivity contribution in [2.24, 2.45) is 0 Å². The number of carbonyl (C=O) groups is 1. The number of Topliss-reactive ketones (excluding diaryl/α,β-unsaturated/α-hetero) is 1. The minimum atomic E-state index is -0.846. The third-order valence-corrected chi connectivity index (χ3v) is 5.97. The first-order valence-electron chi connectivity index (χ1n) is 9.68. The van der Waals surface area contributed by atoms with Gasteiger partial charge in [0.15, 0.2) is 5.78 Å². The molecule has 30 heavy (non-hydrogen) atoms. The van der Waals surface area contributed by atoms with Gasteiger partial charge in [-0.05, 0) is 59.6 Å². The summed E-state index contributed by atoms with van der Waals surface area (Å²) in [6.07, 6.45) is 0.519. The van der Waals surface area contributed by atoms with Gasteiger partial charge in [-0.15, -0.1) is 0 Å². The molecule has 0 saturated carbocycles. The number of piperidine rings is 1. The molecule has 0 amide bonds. The van der Waals surface area contributed by atoms with Crippen LogP contribution in [0.3, 0.4) is 0 Å². The first-order valence-corrected chi connectivity index (χ1v) is 10.5. The van der Waals surface area contributed by atoms with Crippen molar-refractivity contribution in [1.29, 1.82) is 5.26 Å². The zero-order valence-corrected chi connectivity index (χ0v) is 18.0. The summed E-state index contributed by atoms with van der Waals surface area (Å²) < 4.78 is 2.77. The molecule has 2 aromatic heterocycles. The van der Waals surface area contributed by atoms with Crippen molar-refractivity contribution in [3.63, 3.8) is 0 Å². The second-order valence-electron chi connectivity index (χ2n) is 7.56. The topological polar surface area (TPSA) is 102 Å². The highest BCUT2D eigenvalue weighted by Crippen LogP contribution is 2.30. The molecular weight excluding hydrogens is 448 g/mol. The Kier molecular flexibility index (Phi) is 5.71. The second kappa shape index (κ2) is 8.28. The van der Waals surface area contributed by atoms with Crippen LogP contribution in [0.1, 0.15) is 28.0 Å². The molecule has 1 aliphatic rings. The number of likely N-dealkylation sites (tertiary alicyclic amines) is 1. The molecule has 3 aromatic rings. The molecule has 0 spiro atoms. The molecule has 2 atom stereocenters. The lowest BCUT2D eigenvalue weighted by atomic mass is 10.0. The highest BCUT2D eigenvalue weighted by Gasteiger charge is 2.29. The SMILES string of the molecule is Cc1c(C(=O)CN2CCC(O)C(O)C2)c2ncc(Br)cc2n1-c1ccc(C#N)cc1. The Labute approximate surface area is 182 Å². The van der Waals surface area contributed by atoms with Crippen LogP contribution in [0.4, 0.5) is 0 Å². The molecule has 2 unspecified atom stereocenters. The van der Waals surface area contributed by atoms with Crippen LogP contribution < -0.4 is 0 Å². The Morgan fingerprint density at radius 2 is 2.03 bits per heavy atom. The van der Waals surface area contributed by atoms with E-state index in [-0.39, 0.29) is 18.9 Å². The molecule has 1 aliphatic heterocycles. The lowest BCUT2D eigenvalue weighted by molar-refractivity contribution is -0.0363. The number of pyridine rings is 1. The van der Waals surface area contributed by atoms with Gasteiger partial charge in [0.05, 0.1) is 47.0 Å². The maximum atomic E-state index is 13.3. The van der Waals surface area contributed by atoms with Crippen LogP contribution in [0.5, 0.6) is 0 Å². The molecule has 2 N–H and O–H groups in total. The van der Waals surface area contributed by atoms with E-state index in [0.29, 0.717) is 29.6 Å². The van der Waals surface area contributed by atoms with Crippen molar-refractivity contribution in [3.8, 4) is 11.8 Å². The van der Waals surface area contributed by atoms with Crippen molar-refractivity contribution in [2.75, 3.05) is 19.6 Å². The number of fused-ring (bicyclic) bond motifs is 1. The predicted molar refractivity (Wildman–Crippen MR) is 116 cm³/mol. The zero-order valence-electron chi connectivity index (χ0n) is 16.4. The van der Waals surface area contributed by atoms with Crippen LogP contribution in [-0.2, 0) is 0 Å². The number of ketones is 1. The number of aliphatic hydroxyl groups is 2. The number of hydrogen-bond acceptors (Lipinski definition) is 6. The number of nitrogens with zero attached hydrogens (tertiary/aromatic N) is 4. The molecule has 0 radical (unpaired) electrons. The Bertz CT molecular complexity index is 1150. The first-order chi connectivity index (χ1) is 14.4. The number of β-amino-alcohol motifs (C(OH)–C–C–N with tert-alkyl or cyclic N) is 1. The van der Waals surface area contributed by atoms with Gasteiger partial charge in [0.2, 0.25) is 0 Å². The number of halogens is 1. The maximum absolute atomic E-state index is 13.3. The van der Waals surface area contributed by atoms with Crippen LogP contribution in [-0.4, -0.2) is 62.3 Å². The third-order valence-electron chi connectivity index (χ3n) is 5.54. The molecule has 0 aliphatic carbocycles. The Morgan fingerprint density at radius 1 is 1.30 bits per heavy atom. The van der Waals surface area contributed by atoms with Crippen LogP contribution in [0, 0.1) is 18.3 Å². The van der Waals surface area contributed by atoms with Gasteiger partial charge in [0.25, 0.3) is 0 Å². The van der Waals surface area contributed by atoms with Crippen molar-refractivity contribution in [1.82, 2.24) is 14.5 Å². The highest BCUT2D eigenvalue weighted by molar-refractivity contribution is 9.10. The van der Waals surface area contributed by atoms with E-state index in [0.717, 1.165) is 21.4 Å². The number of benzene rings is 1. The Balaban J connectivity index is 1.76. The molecule has 3 heterocycles. The zero-order chi connectivity index (χ0) is 21.4. The fourth-order valence-electron chi connectivity index (χ4n) is 4.02. The first kappa shape index (κ1) is 20.7. The van der Waals surface area contributed by atoms with Gasteiger partial charge in [-0.25, -0.2) is 0 Å². The summed E-state index contributed by atoms with van der Waals surface area (Å²) in [5.41, 5.74) is 4.12. The van der Waals surface area contributed by atoms with Gasteiger partial charge in [0, 0.05) is 35.1 Å². The minimum Gasteiger partial charge on any atom is -0.390 e. The molecule has 1 saturated heterocycles. The van der Waals surface area contributed by atoms with Crippen molar-refractivity contribution >= 4 is 32.7 Å². The van der Waals surface area contributed by atoms with E-state index in [9.17, 15) is 15.0 Å². The van der Waals surface area contributed by atoms with Crippen molar-refractivity contribution in [3.05, 3.63) is 57.8 Å². The molecule has 1 aromatic carbocycles. The number of carbonyl (C=O) groups excluding carboxylic acids is 1. The number of aromatic nitrogens is 2. The second-order valence-corrected chi connectivity index (χ2v) is 8.47. The number of aliphatic hydroxyl groups excluding tert-OH is 2. The van der Waals surface area contributed by atoms with E-state index in [1.165, 1.54) is 0 Å². The number of nitriles is 1. The summed E-state index contributed by atoms with van der Waals surface area (Å²) in [5, 5.41) is 28.7.